The Morgan fingerprint density at radius 3 is 2.18 bits per heavy atom. The predicted octanol–water partition coefficient (Wildman–Crippen LogP) is 2.49. The van der Waals surface area contributed by atoms with E-state index in [0.29, 0.717) is 0 Å². The molecule has 0 spiro atoms. The van der Waals surface area contributed by atoms with Gasteiger partial charge in [0.05, 0.1) is 18.1 Å². The van der Waals surface area contributed by atoms with Crippen molar-refractivity contribution in [1.29, 1.82) is 0 Å². The van der Waals surface area contributed by atoms with Gasteiger partial charge in [-0.3, -0.25) is 4.79 Å². The van der Waals surface area contributed by atoms with E-state index in [9.17, 15) is 37.8 Å². The number of rotatable bonds is 10. The fourth-order valence-corrected chi connectivity index (χ4v) is 2.78. The van der Waals surface area contributed by atoms with Crippen LogP contribution in [0.1, 0.15) is 23.1 Å². The molecule has 2 aromatic rings. The molecule has 2 aromatic carbocycles. The summed E-state index contributed by atoms with van der Waals surface area (Å²) in [6.45, 7) is -0.287. The average molecular weight is 468 g/mol. The number of carboxylic acids is 1. The van der Waals surface area contributed by atoms with Gasteiger partial charge in [0.1, 0.15) is 12.6 Å². The summed E-state index contributed by atoms with van der Waals surface area (Å²) in [6.07, 6.45) is -7.38. The van der Waals surface area contributed by atoms with Crippen molar-refractivity contribution < 1.29 is 42.5 Å². The summed E-state index contributed by atoms with van der Waals surface area (Å²) in [5.41, 5.74) is 0.166. The number of alkyl carbamates (subject to hydrolysis) is 1. The van der Waals surface area contributed by atoms with Crippen molar-refractivity contribution in [3.63, 3.8) is 0 Å². The number of aliphatic carboxylic acids is 1. The molecule has 0 bridgehead atoms. The van der Waals surface area contributed by atoms with Crippen LogP contribution in [0.25, 0.3) is 0 Å². The van der Waals surface area contributed by atoms with Crippen LogP contribution < -0.4 is 10.6 Å². The summed E-state index contributed by atoms with van der Waals surface area (Å²) in [4.78, 5) is 35.2. The number of nitrogens with one attached hydrogen (secondary N) is 2. The number of ether oxygens (including phenoxy) is 1. The van der Waals surface area contributed by atoms with E-state index >= 15 is 0 Å². The van der Waals surface area contributed by atoms with E-state index in [1.54, 1.807) is 24.3 Å². The SMILES string of the molecule is O=C(C[C@H](O)CNC(=O)OCc1ccccc1)N[C@H](Cc1ccc(C(F)(F)F)cc1)C(=O)O. The average Bonchev–Trinajstić information content (AvgIpc) is 2.76. The third-order valence-corrected chi connectivity index (χ3v) is 4.47. The van der Waals surface area contributed by atoms with E-state index in [1.165, 1.54) is 0 Å². The van der Waals surface area contributed by atoms with Crippen molar-refractivity contribution in [2.45, 2.75) is 37.8 Å². The molecule has 0 saturated heterocycles. The first kappa shape index (κ1) is 25.7. The van der Waals surface area contributed by atoms with Crippen LogP contribution in [0, 0.1) is 0 Å². The van der Waals surface area contributed by atoms with Gasteiger partial charge in [0.25, 0.3) is 0 Å². The van der Waals surface area contributed by atoms with E-state index in [4.69, 9.17) is 4.74 Å². The standard InChI is InChI=1S/C22H23F3N2O6/c23-22(24,25)16-8-6-14(7-9-16)10-18(20(30)31)27-19(29)11-17(28)12-26-21(32)33-13-15-4-2-1-3-5-15/h1-9,17-18,28H,10-13H2,(H,26,32)(H,27,29)(H,30,31)/t17-,18+/m0/s1. The summed E-state index contributed by atoms with van der Waals surface area (Å²) in [6, 6.07) is 11.4. The van der Waals surface area contributed by atoms with Crippen LogP contribution in [-0.4, -0.2) is 46.9 Å². The van der Waals surface area contributed by atoms with Gasteiger partial charge < -0.3 is 25.6 Å². The van der Waals surface area contributed by atoms with Crippen molar-refractivity contribution in [2.24, 2.45) is 0 Å². The zero-order valence-corrected chi connectivity index (χ0v) is 17.3. The fourth-order valence-electron chi connectivity index (χ4n) is 2.78. The Labute approximate surface area is 187 Å². The Morgan fingerprint density at radius 1 is 0.970 bits per heavy atom. The topological polar surface area (TPSA) is 125 Å². The molecule has 0 aliphatic rings. The van der Waals surface area contributed by atoms with E-state index in [2.05, 4.69) is 10.6 Å². The van der Waals surface area contributed by atoms with Crippen LogP contribution in [0.3, 0.4) is 0 Å². The van der Waals surface area contributed by atoms with Crippen LogP contribution in [0.15, 0.2) is 54.6 Å². The third-order valence-electron chi connectivity index (χ3n) is 4.47. The highest BCUT2D eigenvalue weighted by Gasteiger charge is 2.30. The summed E-state index contributed by atoms with van der Waals surface area (Å²) < 4.78 is 42.9. The highest BCUT2D eigenvalue weighted by Crippen LogP contribution is 2.29. The van der Waals surface area contributed by atoms with Crippen LogP contribution in [0.5, 0.6) is 0 Å². The monoisotopic (exact) mass is 468 g/mol. The van der Waals surface area contributed by atoms with Crippen molar-refractivity contribution in [2.75, 3.05) is 6.54 Å². The number of hydrogen-bond donors (Lipinski definition) is 4. The molecular weight excluding hydrogens is 445 g/mol. The molecule has 0 heterocycles. The number of benzene rings is 2. The molecule has 0 saturated carbocycles. The van der Waals surface area contributed by atoms with Gasteiger partial charge in [0.2, 0.25) is 5.91 Å². The molecule has 2 atom stereocenters. The van der Waals surface area contributed by atoms with Crippen LogP contribution in [-0.2, 0) is 33.5 Å². The number of carbonyl (C=O) groups excluding carboxylic acids is 2. The number of hydrogen-bond acceptors (Lipinski definition) is 5. The lowest BCUT2D eigenvalue weighted by atomic mass is 10.0. The lowest BCUT2D eigenvalue weighted by Gasteiger charge is -2.17. The van der Waals surface area contributed by atoms with E-state index in [-0.39, 0.29) is 25.1 Å². The summed E-state index contributed by atoms with van der Waals surface area (Å²) >= 11 is 0. The van der Waals surface area contributed by atoms with E-state index < -0.39 is 48.3 Å². The van der Waals surface area contributed by atoms with Crippen molar-refractivity contribution >= 4 is 18.0 Å². The second-order valence-corrected chi connectivity index (χ2v) is 7.16. The predicted molar refractivity (Wildman–Crippen MR) is 110 cm³/mol. The van der Waals surface area contributed by atoms with Gasteiger partial charge in [-0.05, 0) is 23.3 Å². The zero-order chi connectivity index (χ0) is 24.4. The molecule has 33 heavy (non-hydrogen) atoms. The summed E-state index contributed by atoms with van der Waals surface area (Å²) in [7, 11) is 0. The maximum atomic E-state index is 12.6. The number of halogens is 3. The van der Waals surface area contributed by atoms with Crippen molar-refractivity contribution in [3.8, 4) is 0 Å². The smallest absolute Gasteiger partial charge is 0.416 e. The van der Waals surface area contributed by atoms with E-state index in [1.807, 2.05) is 6.07 Å². The second kappa shape index (κ2) is 11.9. The fraction of sp³-hybridized carbons (Fsp3) is 0.318. The van der Waals surface area contributed by atoms with Crippen LogP contribution in [0.4, 0.5) is 18.0 Å². The van der Waals surface area contributed by atoms with Gasteiger partial charge in [0, 0.05) is 13.0 Å². The molecule has 0 radical (unpaired) electrons. The molecule has 2 rings (SSSR count). The van der Waals surface area contributed by atoms with E-state index in [0.717, 1.165) is 29.8 Å². The van der Waals surface area contributed by atoms with Gasteiger partial charge in [0.15, 0.2) is 0 Å². The summed E-state index contributed by atoms with van der Waals surface area (Å²) in [5, 5.41) is 23.7. The molecule has 0 aliphatic heterocycles. The van der Waals surface area contributed by atoms with Crippen molar-refractivity contribution in [3.05, 3.63) is 71.3 Å². The third kappa shape index (κ3) is 9.19. The zero-order valence-electron chi connectivity index (χ0n) is 17.3. The normalized spacial score (nSPS) is 13.0. The molecule has 2 amide bonds. The largest absolute Gasteiger partial charge is 0.480 e. The Bertz CT molecular complexity index is 935. The van der Waals surface area contributed by atoms with Gasteiger partial charge in [-0.25, -0.2) is 9.59 Å². The van der Waals surface area contributed by atoms with Crippen LogP contribution in [0.2, 0.25) is 0 Å². The van der Waals surface area contributed by atoms with Gasteiger partial charge in [-0.2, -0.15) is 13.2 Å². The maximum absolute atomic E-state index is 12.6. The Hall–Kier alpha value is -3.60. The summed E-state index contributed by atoms with van der Waals surface area (Å²) in [5.74, 6) is -2.19. The Morgan fingerprint density at radius 2 is 1.61 bits per heavy atom. The molecule has 11 heteroatoms. The first-order valence-electron chi connectivity index (χ1n) is 9.85. The van der Waals surface area contributed by atoms with Gasteiger partial charge in [-0.15, -0.1) is 0 Å². The molecular formula is C22H23F3N2O6. The Kier molecular flexibility index (Phi) is 9.22. The van der Waals surface area contributed by atoms with Crippen LogP contribution >= 0.6 is 0 Å². The molecule has 0 aromatic heterocycles. The minimum absolute atomic E-state index is 0.0213. The Balaban J connectivity index is 1.77. The maximum Gasteiger partial charge on any atom is 0.416 e. The van der Waals surface area contributed by atoms with Gasteiger partial charge >= 0.3 is 18.2 Å². The quantitative estimate of drug-likeness (QED) is 0.425. The van der Waals surface area contributed by atoms with Crippen molar-refractivity contribution in [1.82, 2.24) is 10.6 Å². The molecule has 0 fully saturated rings. The highest BCUT2D eigenvalue weighted by molar-refractivity contribution is 5.84. The second-order valence-electron chi connectivity index (χ2n) is 7.16. The lowest BCUT2D eigenvalue weighted by Crippen LogP contribution is -2.44. The van der Waals surface area contributed by atoms with Gasteiger partial charge in [-0.1, -0.05) is 42.5 Å². The molecule has 0 unspecified atom stereocenters. The number of alkyl halides is 3. The molecule has 178 valence electrons. The first-order chi connectivity index (χ1) is 15.5. The molecule has 8 nitrogen and oxygen atoms in total. The molecule has 0 aliphatic carbocycles. The minimum atomic E-state index is -4.52. The molecule has 4 N–H and O–H groups in total. The lowest BCUT2D eigenvalue weighted by molar-refractivity contribution is -0.142. The number of carbonyl (C=O) groups is 3. The number of carboxylic acid groups (broad SMARTS) is 1. The number of amides is 2. The minimum Gasteiger partial charge on any atom is -0.480 e. The first-order valence-corrected chi connectivity index (χ1v) is 9.85. The number of aliphatic hydroxyl groups is 1. The number of aliphatic hydroxyl groups excluding tert-OH is 1. The highest BCUT2D eigenvalue weighted by atomic mass is 19.4.